The van der Waals surface area contributed by atoms with Gasteiger partial charge in [-0.15, -0.1) is 0 Å². The Balaban J connectivity index is 2.31. The second-order valence-corrected chi connectivity index (χ2v) is 5.40. The molecule has 2 N–H and O–H groups in total. The maximum atomic E-state index is 13.6. The van der Waals surface area contributed by atoms with E-state index in [4.69, 9.17) is 17.3 Å². The van der Waals surface area contributed by atoms with Crippen LogP contribution in [0.5, 0.6) is 0 Å². The fraction of sp³-hybridized carbons (Fsp3) is 0.0714. The zero-order valence-corrected chi connectivity index (χ0v) is 12.1. The first-order valence-electron chi connectivity index (χ1n) is 5.49. The van der Waals surface area contributed by atoms with E-state index in [1.807, 2.05) is 0 Å². The summed E-state index contributed by atoms with van der Waals surface area (Å²) in [4.78, 5) is 12.1. The summed E-state index contributed by atoms with van der Waals surface area (Å²) < 4.78 is 14.3. The lowest BCUT2D eigenvalue weighted by atomic mass is 10.0. The zero-order chi connectivity index (χ0) is 14.0. The SMILES string of the molecule is Nc1cc(Br)cc(C(=O)Cc2c(F)cccc2Cl)c1. The molecule has 0 aliphatic heterocycles. The second-order valence-electron chi connectivity index (χ2n) is 4.07. The van der Waals surface area contributed by atoms with Gasteiger partial charge in [-0.05, 0) is 30.3 Å². The number of rotatable bonds is 3. The van der Waals surface area contributed by atoms with Crippen LogP contribution in [0, 0.1) is 5.82 Å². The minimum Gasteiger partial charge on any atom is -0.399 e. The third-order valence-electron chi connectivity index (χ3n) is 2.64. The number of hydrogen-bond acceptors (Lipinski definition) is 2. The Morgan fingerprint density at radius 3 is 2.68 bits per heavy atom. The van der Waals surface area contributed by atoms with Crippen molar-refractivity contribution in [3.63, 3.8) is 0 Å². The summed E-state index contributed by atoms with van der Waals surface area (Å²) in [5, 5.41) is 0.247. The van der Waals surface area contributed by atoms with E-state index in [1.165, 1.54) is 12.1 Å². The van der Waals surface area contributed by atoms with E-state index in [9.17, 15) is 9.18 Å². The van der Waals surface area contributed by atoms with E-state index < -0.39 is 5.82 Å². The molecular formula is C14H10BrClFNO. The monoisotopic (exact) mass is 341 g/mol. The molecule has 0 heterocycles. The number of hydrogen-bond donors (Lipinski definition) is 1. The van der Waals surface area contributed by atoms with Crippen LogP contribution < -0.4 is 5.73 Å². The van der Waals surface area contributed by atoms with Gasteiger partial charge in [0.1, 0.15) is 5.82 Å². The van der Waals surface area contributed by atoms with E-state index in [0.717, 1.165) is 0 Å². The van der Waals surface area contributed by atoms with Crippen LogP contribution in [-0.2, 0) is 6.42 Å². The van der Waals surface area contributed by atoms with E-state index >= 15 is 0 Å². The Morgan fingerprint density at radius 2 is 2.05 bits per heavy atom. The maximum absolute atomic E-state index is 13.6. The molecule has 5 heteroatoms. The molecule has 0 saturated heterocycles. The number of nitrogen functional groups attached to an aromatic ring is 1. The second kappa shape index (κ2) is 5.72. The number of carbonyl (C=O) groups is 1. The summed E-state index contributed by atoms with van der Waals surface area (Å²) in [6.45, 7) is 0. The van der Waals surface area contributed by atoms with E-state index in [1.54, 1.807) is 24.3 Å². The predicted molar refractivity (Wildman–Crippen MR) is 78.0 cm³/mol. The topological polar surface area (TPSA) is 43.1 Å². The fourth-order valence-electron chi connectivity index (χ4n) is 1.74. The molecule has 2 nitrogen and oxygen atoms in total. The van der Waals surface area contributed by atoms with E-state index in [2.05, 4.69) is 15.9 Å². The molecule has 0 unspecified atom stereocenters. The predicted octanol–water partition coefficient (Wildman–Crippen LogP) is 4.25. The molecule has 0 amide bonds. The minimum atomic E-state index is -0.483. The van der Waals surface area contributed by atoms with Gasteiger partial charge in [-0.3, -0.25) is 4.79 Å². The van der Waals surface area contributed by atoms with Crippen molar-refractivity contribution in [1.29, 1.82) is 0 Å². The summed E-state index contributed by atoms with van der Waals surface area (Å²) in [5.41, 5.74) is 6.76. The Bertz CT molecular complexity index is 605. The van der Waals surface area contributed by atoms with Crippen molar-refractivity contribution in [1.82, 2.24) is 0 Å². The number of nitrogens with two attached hydrogens (primary N) is 1. The lowest BCUT2D eigenvalue weighted by molar-refractivity contribution is 0.0992. The normalized spacial score (nSPS) is 10.5. The third-order valence-corrected chi connectivity index (χ3v) is 3.45. The highest BCUT2D eigenvalue weighted by molar-refractivity contribution is 9.10. The summed E-state index contributed by atoms with van der Waals surface area (Å²) in [5.74, 6) is -0.719. The zero-order valence-electron chi connectivity index (χ0n) is 9.79. The Morgan fingerprint density at radius 1 is 1.32 bits per heavy atom. The van der Waals surface area contributed by atoms with Gasteiger partial charge in [0, 0.05) is 32.7 Å². The van der Waals surface area contributed by atoms with Gasteiger partial charge < -0.3 is 5.73 Å². The Labute approximate surface area is 123 Å². The lowest BCUT2D eigenvalue weighted by Crippen LogP contribution is -2.06. The van der Waals surface area contributed by atoms with Crippen LogP contribution in [0.4, 0.5) is 10.1 Å². The molecule has 0 aromatic heterocycles. The molecule has 0 bridgehead atoms. The van der Waals surface area contributed by atoms with Crippen molar-refractivity contribution in [3.05, 3.63) is 62.8 Å². The third kappa shape index (κ3) is 3.33. The highest BCUT2D eigenvalue weighted by Gasteiger charge is 2.14. The van der Waals surface area contributed by atoms with Gasteiger partial charge in [0.05, 0.1) is 0 Å². The fourth-order valence-corrected chi connectivity index (χ4v) is 2.48. The van der Waals surface area contributed by atoms with Gasteiger partial charge in [0.25, 0.3) is 0 Å². The summed E-state index contributed by atoms with van der Waals surface area (Å²) >= 11 is 9.16. The van der Waals surface area contributed by atoms with Crippen LogP contribution >= 0.6 is 27.5 Å². The van der Waals surface area contributed by atoms with Crippen molar-refractivity contribution < 1.29 is 9.18 Å². The highest BCUT2D eigenvalue weighted by Crippen LogP contribution is 2.23. The van der Waals surface area contributed by atoms with Crippen molar-refractivity contribution in [2.75, 3.05) is 5.73 Å². The van der Waals surface area contributed by atoms with Gasteiger partial charge in [-0.25, -0.2) is 4.39 Å². The van der Waals surface area contributed by atoms with Crippen LogP contribution in [0.3, 0.4) is 0 Å². The first kappa shape index (κ1) is 14.0. The van der Waals surface area contributed by atoms with E-state index in [-0.39, 0.29) is 22.8 Å². The number of ketones is 1. The number of benzene rings is 2. The number of carbonyl (C=O) groups excluding carboxylic acids is 1. The lowest BCUT2D eigenvalue weighted by Gasteiger charge is -2.06. The molecule has 2 aromatic rings. The molecule has 0 spiro atoms. The standard InChI is InChI=1S/C14H10BrClFNO/c15-9-4-8(5-10(18)6-9)14(19)7-11-12(16)2-1-3-13(11)17/h1-6H,7,18H2. The first-order chi connectivity index (χ1) is 8.97. The van der Waals surface area contributed by atoms with Gasteiger partial charge in [-0.1, -0.05) is 33.6 Å². The molecule has 0 aliphatic rings. The quantitative estimate of drug-likeness (QED) is 0.669. The molecule has 98 valence electrons. The van der Waals surface area contributed by atoms with Gasteiger partial charge in [0.2, 0.25) is 0 Å². The Hall–Kier alpha value is -1.39. The van der Waals surface area contributed by atoms with Gasteiger partial charge in [-0.2, -0.15) is 0 Å². The van der Waals surface area contributed by atoms with Crippen molar-refractivity contribution in [2.45, 2.75) is 6.42 Å². The number of Topliss-reactive ketones (excluding diaryl/α,β-unsaturated/α-hetero) is 1. The van der Waals surface area contributed by atoms with Gasteiger partial charge >= 0.3 is 0 Å². The van der Waals surface area contributed by atoms with Gasteiger partial charge in [0.15, 0.2) is 5.78 Å². The summed E-state index contributed by atoms with van der Waals surface area (Å²) in [6.07, 6.45) is -0.0958. The highest BCUT2D eigenvalue weighted by atomic mass is 79.9. The number of halogens is 3. The first-order valence-corrected chi connectivity index (χ1v) is 6.66. The molecule has 0 fully saturated rings. The molecule has 0 aliphatic carbocycles. The average Bonchev–Trinajstić information content (AvgIpc) is 2.32. The van der Waals surface area contributed by atoms with Crippen molar-refractivity contribution >= 4 is 39.0 Å². The summed E-state index contributed by atoms with van der Waals surface area (Å²) in [6, 6.07) is 9.23. The minimum absolute atomic E-state index is 0.0958. The largest absolute Gasteiger partial charge is 0.399 e. The number of anilines is 1. The molecule has 2 rings (SSSR count). The van der Waals surface area contributed by atoms with Crippen LogP contribution in [0.15, 0.2) is 40.9 Å². The van der Waals surface area contributed by atoms with Crippen LogP contribution in [0.25, 0.3) is 0 Å². The molecule has 19 heavy (non-hydrogen) atoms. The average molecular weight is 343 g/mol. The molecule has 0 atom stereocenters. The molecule has 0 saturated carbocycles. The van der Waals surface area contributed by atoms with Crippen LogP contribution in [-0.4, -0.2) is 5.78 Å². The molecular weight excluding hydrogens is 333 g/mol. The van der Waals surface area contributed by atoms with Crippen molar-refractivity contribution in [3.8, 4) is 0 Å². The van der Waals surface area contributed by atoms with Crippen molar-refractivity contribution in [2.24, 2.45) is 0 Å². The maximum Gasteiger partial charge on any atom is 0.167 e. The smallest absolute Gasteiger partial charge is 0.167 e. The Kier molecular flexibility index (Phi) is 4.22. The van der Waals surface area contributed by atoms with Crippen LogP contribution in [0.2, 0.25) is 5.02 Å². The molecule has 2 aromatic carbocycles. The van der Waals surface area contributed by atoms with E-state index in [0.29, 0.717) is 15.7 Å². The molecule has 0 radical (unpaired) electrons. The van der Waals surface area contributed by atoms with Crippen LogP contribution in [0.1, 0.15) is 15.9 Å². The summed E-state index contributed by atoms with van der Waals surface area (Å²) in [7, 11) is 0.